The number of hydrogen-bond acceptors (Lipinski definition) is 1. The van der Waals surface area contributed by atoms with Gasteiger partial charge in [0.25, 0.3) is 0 Å². The SMILES string of the molecule is CCC(C)(N)C1C=CCCC1. The molecule has 0 aromatic carbocycles. The van der Waals surface area contributed by atoms with E-state index in [0.717, 1.165) is 6.42 Å². The lowest BCUT2D eigenvalue weighted by Gasteiger charge is -2.32. The monoisotopic (exact) mass is 153 g/mol. The zero-order chi connectivity index (χ0) is 8.32. The predicted octanol–water partition coefficient (Wildman–Crippen LogP) is 2.47. The fourth-order valence-electron chi connectivity index (χ4n) is 1.62. The first-order valence-electron chi connectivity index (χ1n) is 4.62. The molecule has 0 aliphatic heterocycles. The summed E-state index contributed by atoms with van der Waals surface area (Å²) in [5, 5.41) is 0. The maximum Gasteiger partial charge on any atom is 0.0186 e. The van der Waals surface area contributed by atoms with Gasteiger partial charge in [0.15, 0.2) is 0 Å². The first-order chi connectivity index (χ1) is 5.17. The number of hydrogen-bond donors (Lipinski definition) is 1. The summed E-state index contributed by atoms with van der Waals surface area (Å²) in [4.78, 5) is 0. The summed E-state index contributed by atoms with van der Waals surface area (Å²) in [5.74, 6) is 0.612. The summed E-state index contributed by atoms with van der Waals surface area (Å²) in [5.41, 5.74) is 6.16. The fraction of sp³-hybridized carbons (Fsp3) is 0.800. The van der Waals surface area contributed by atoms with Crippen molar-refractivity contribution in [3.05, 3.63) is 12.2 Å². The normalized spacial score (nSPS) is 29.9. The third-order valence-corrected chi connectivity index (χ3v) is 2.86. The zero-order valence-corrected chi connectivity index (χ0v) is 7.64. The maximum absolute atomic E-state index is 6.14. The molecule has 2 unspecified atom stereocenters. The van der Waals surface area contributed by atoms with Gasteiger partial charge in [0.05, 0.1) is 0 Å². The van der Waals surface area contributed by atoms with Crippen LogP contribution in [0, 0.1) is 5.92 Å². The summed E-state index contributed by atoms with van der Waals surface area (Å²) < 4.78 is 0. The third kappa shape index (κ3) is 2.06. The molecule has 0 spiro atoms. The Morgan fingerprint density at radius 2 is 2.36 bits per heavy atom. The van der Waals surface area contributed by atoms with Crippen molar-refractivity contribution in [3.8, 4) is 0 Å². The van der Waals surface area contributed by atoms with Gasteiger partial charge in [-0.15, -0.1) is 0 Å². The van der Waals surface area contributed by atoms with Gasteiger partial charge in [-0.25, -0.2) is 0 Å². The largest absolute Gasteiger partial charge is 0.325 e. The lowest BCUT2D eigenvalue weighted by molar-refractivity contribution is 0.309. The highest BCUT2D eigenvalue weighted by atomic mass is 14.7. The highest BCUT2D eigenvalue weighted by Crippen LogP contribution is 2.27. The molecule has 0 radical (unpaired) electrons. The quantitative estimate of drug-likeness (QED) is 0.606. The van der Waals surface area contributed by atoms with E-state index in [1.54, 1.807) is 0 Å². The van der Waals surface area contributed by atoms with E-state index in [2.05, 4.69) is 26.0 Å². The van der Waals surface area contributed by atoms with Gasteiger partial charge in [0.1, 0.15) is 0 Å². The van der Waals surface area contributed by atoms with Crippen molar-refractivity contribution < 1.29 is 0 Å². The van der Waals surface area contributed by atoms with E-state index in [0.29, 0.717) is 5.92 Å². The van der Waals surface area contributed by atoms with Crippen molar-refractivity contribution >= 4 is 0 Å². The summed E-state index contributed by atoms with van der Waals surface area (Å²) in [6.07, 6.45) is 9.48. The number of nitrogens with two attached hydrogens (primary N) is 1. The van der Waals surface area contributed by atoms with Crippen LogP contribution in [-0.2, 0) is 0 Å². The van der Waals surface area contributed by atoms with Crippen LogP contribution in [0.4, 0.5) is 0 Å². The standard InChI is InChI=1S/C10H19N/c1-3-10(2,11)9-7-5-4-6-8-9/h5,7,9H,3-4,6,8,11H2,1-2H3. The van der Waals surface area contributed by atoms with Crippen molar-refractivity contribution in [1.29, 1.82) is 0 Å². The molecule has 1 aliphatic carbocycles. The van der Waals surface area contributed by atoms with Gasteiger partial charge >= 0.3 is 0 Å². The van der Waals surface area contributed by atoms with Gasteiger partial charge in [0, 0.05) is 5.54 Å². The molecule has 1 heteroatoms. The molecule has 1 rings (SSSR count). The Kier molecular flexibility index (Phi) is 2.72. The van der Waals surface area contributed by atoms with Crippen LogP contribution >= 0.6 is 0 Å². The van der Waals surface area contributed by atoms with Gasteiger partial charge in [-0.1, -0.05) is 19.1 Å². The maximum atomic E-state index is 6.14. The molecular formula is C10H19N. The van der Waals surface area contributed by atoms with Crippen molar-refractivity contribution in [2.24, 2.45) is 11.7 Å². The van der Waals surface area contributed by atoms with Crippen LogP contribution in [0.25, 0.3) is 0 Å². The van der Waals surface area contributed by atoms with Crippen LogP contribution in [0.2, 0.25) is 0 Å². The van der Waals surface area contributed by atoms with E-state index in [1.807, 2.05) is 0 Å². The molecule has 2 N–H and O–H groups in total. The van der Waals surface area contributed by atoms with Crippen molar-refractivity contribution in [2.75, 3.05) is 0 Å². The fourth-order valence-corrected chi connectivity index (χ4v) is 1.62. The molecule has 0 saturated heterocycles. The van der Waals surface area contributed by atoms with Gasteiger partial charge in [-0.3, -0.25) is 0 Å². The molecule has 2 atom stereocenters. The second-order valence-electron chi connectivity index (χ2n) is 3.82. The van der Waals surface area contributed by atoms with Crippen LogP contribution in [-0.4, -0.2) is 5.54 Å². The van der Waals surface area contributed by atoms with Crippen molar-refractivity contribution in [2.45, 2.75) is 45.1 Å². The molecular weight excluding hydrogens is 134 g/mol. The zero-order valence-electron chi connectivity index (χ0n) is 7.64. The van der Waals surface area contributed by atoms with Crippen LogP contribution in [0.15, 0.2) is 12.2 Å². The van der Waals surface area contributed by atoms with Crippen LogP contribution < -0.4 is 5.73 Å². The first-order valence-corrected chi connectivity index (χ1v) is 4.62. The minimum absolute atomic E-state index is 0.0247. The molecule has 1 aliphatic rings. The lowest BCUT2D eigenvalue weighted by Crippen LogP contribution is -2.43. The average molecular weight is 153 g/mol. The van der Waals surface area contributed by atoms with Crippen molar-refractivity contribution in [3.63, 3.8) is 0 Å². The Morgan fingerprint density at radius 1 is 1.64 bits per heavy atom. The molecule has 0 amide bonds. The van der Waals surface area contributed by atoms with Crippen LogP contribution in [0.1, 0.15) is 39.5 Å². The Hall–Kier alpha value is -0.300. The predicted molar refractivity (Wildman–Crippen MR) is 49.4 cm³/mol. The second kappa shape index (κ2) is 3.40. The molecule has 1 nitrogen and oxygen atoms in total. The Balaban J connectivity index is 2.57. The molecule has 64 valence electrons. The van der Waals surface area contributed by atoms with E-state index in [1.165, 1.54) is 19.3 Å². The van der Waals surface area contributed by atoms with Crippen LogP contribution in [0.5, 0.6) is 0 Å². The average Bonchev–Trinajstić information content (AvgIpc) is 2.06. The second-order valence-corrected chi connectivity index (χ2v) is 3.82. The summed E-state index contributed by atoms with van der Waals surface area (Å²) in [7, 11) is 0. The topological polar surface area (TPSA) is 26.0 Å². The van der Waals surface area contributed by atoms with E-state index in [9.17, 15) is 0 Å². The molecule has 0 saturated carbocycles. The van der Waals surface area contributed by atoms with Gasteiger partial charge in [0.2, 0.25) is 0 Å². The smallest absolute Gasteiger partial charge is 0.0186 e. The Bertz CT molecular complexity index is 147. The molecule has 0 aromatic rings. The Labute approximate surface area is 69.7 Å². The Morgan fingerprint density at radius 3 is 2.82 bits per heavy atom. The molecule has 0 bridgehead atoms. The van der Waals surface area contributed by atoms with Crippen molar-refractivity contribution in [1.82, 2.24) is 0 Å². The minimum atomic E-state index is 0.0247. The minimum Gasteiger partial charge on any atom is -0.325 e. The number of rotatable bonds is 2. The highest BCUT2D eigenvalue weighted by Gasteiger charge is 2.26. The number of allylic oxidation sites excluding steroid dienone is 1. The van der Waals surface area contributed by atoms with E-state index >= 15 is 0 Å². The summed E-state index contributed by atoms with van der Waals surface area (Å²) >= 11 is 0. The molecule has 0 heterocycles. The van der Waals surface area contributed by atoms with Gasteiger partial charge in [-0.05, 0) is 38.5 Å². The first kappa shape index (κ1) is 8.79. The summed E-state index contributed by atoms with van der Waals surface area (Å²) in [6, 6.07) is 0. The molecule has 0 aromatic heterocycles. The highest BCUT2D eigenvalue weighted by molar-refractivity contribution is 5.02. The van der Waals surface area contributed by atoms with E-state index in [4.69, 9.17) is 5.73 Å². The molecule has 0 fully saturated rings. The van der Waals surface area contributed by atoms with Gasteiger partial charge in [-0.2, -0.15) is 0 Å². The third-order valence-electron chi connectivity index (χ3n) is 2.86. The summed E-state index contributed by atoms with van der Waals surface area (Å²) in [6.45, 7) is 4.33. The van der Waals surface area contributed by atoms with Gasteiger partial charge < -0.3 is 5.73 Å². The molecule has 11 heavy (non-hydrogen) atoms. The van der Waals surface area contributed by atoms with E-state index < -0.39 is 0 Å². The van der Waals surface area contributed by atoms with Crippen LogP contribution in [0.3, 0.4) is 0 Å². The lowest BCUT2D eigenvalue weighted by atomic mass is 9.78. The van der Waals surface area contributed by atoms with E-state index in [-0.39, 0.29) is 5.54 Å².